The molecule has 0 spiro atoms. The second-order valence-corrected chi connectivity index (χ2v) is 3.02. The highest BCUT2D eigenvalue weighted by Gasteiger charge is 2.16. The Labute approximate surface area is 71.8 Å². The summed E-state index contributed by atoms with van der Waals surface area (Å²) in [5, 5.41) is 0. The Balaban J connectivity index is 2.08. The Bertz CT molecular complexity index is 232. The molecular formula is C9H12N2O. The van der Waals surface area contributed by atoms with E-state index in [9.17, 15) is 0 Å². The van der Waals surface area contributed by atoms with Gasteiger partial charge in [-0.05, 0) is 18.9 Å². The molecule has 0 amide bonds. The zero-order chi connectivity index (χ0) is 8.23. The van der Waals surface area contributed by atoms with Crippen LogP contribution in [0.1, 0.15) is 24.5 Å². The number of ether oxygens (including phenoxy) is 1. The topological polar surface area (TPSA) is 35.0 Å². The molecule has 1 aromatic rings. The fraction of sp³-hybridized carbons (Fsp3) is 0.556. The van der Waals surface area contributed by atoms with Gasteiger partial charge < -0.3 is 4.74 Å². The van der Waals surface area contributed by atoms with Crippen molar-refractivity contribution in [2.75, 3.05) is 13.2 Å². The highest BCUT2D eigenvalue weighted by molar-refractivity contribution is 5.05. The normalized spacial score (nSPS) is 19.3. The fourth-order valence-electron chi connectivity index (χ4n) is 1.54. The zero-order valence-corrected chi connectivity index (χ0v) is 6.94. The summed E-state index contributed by atoms with van der Waals surface area (Å²) >= 11 is 0. The molecule has 1 saturated heterocycles. The molecule has 1 aliphatic heterocycles. The molecule has 2 rings (SSSR count). The lowest BCUT2D eigenvalue weighted by molar-refractivity contribution is 0.0845. The quantitative estimate of drug-likeness (QED) is 0.628. The maximum Gasteiger partial charge on any atom is 0.115 e. The summed E-state index contributed by atoms with van der Waals surface area (Å²) in [5.41, 5.74) is 1.16. The number of hydrogen-bond donors (Lipinski definition) is 0. The first-order valence-corrected chi connectivity index (χ1v) is 4.30. The van der Waals surface area contributed by atoms with Crippen LogP contribution in [0, 0.1) is 0 Å². The Hall–Kier alpha value is -0.960. The number of aromatic nitrogens is 2. The lowest BCUT2D eigenvalue weighted by atomic mass is 9.96. The maximum absolute atomic E-state index is 5.28. The van der Waals surface area contributed by atoms with Crippen molar-refractivity contribution in [3.8, 4) is 0 Å². The van der Waals surface area contributed by atoms with Crippen LogP contribution in [-0.2, 0) is 4.74 Å². The average Bonchev–Trinajstić information content (AvgIpc) is 2.21. The molecule has 0 aromatic carbocycles. The van der Waals surface area contributed by atoms with Gasteiger partial charge in [-0.3, -0.25) is 0 Å². The standard InChI is InChI=1S/C9H12N2O/c1-4-10-7-11-9(1)8-2-5-12-6-3-8/h1,4,7-8H,2-3,5-6H2. The van der Waals surface area contributed by atoms with Crippen molar-refractivity contribution < 1.29 is 4.74 Å². The summed E-state index contributed by atoms with van der Waals surface area (Å²) in [6, 6.07) is 2.00. The minimum Gasteiger partial charge on any atom is -0.381 e. The lowest BCUT2D eigenvalue weighted by Crippen LogP contribution is -2.14. The van der Waals surface area contributed by atoms with Gasteiger partial charge in [0.1, 0.15) is 6.33 Å². The van der Waals surface area contributed by atoms with E-state index in [-0.39, 0.29) is 0 Å². The van der Waals surface area contributed by atoms with Crippen molar-refractivity contribution >= 4 is 0 Å². The summed E-state index contributed by atoms with van der Waals surface area (Å²) in [6.45, 7) is 1.74. The zero-order valence-electron chi connectivity index (χ0n) is 6.94. The molecule has 1 aromatic heterocycles. The highest BCUT2D eigenvalue weighted by atomic mass is 16.5. The van der Waals surface area contributed by atoms with Crippen LogP contribution in [0.4, 0.5) is 0 Å². The summed E-state index contributed by atoms with van der Waals surface area (Å²) in [6.07, 6.45) is 5.61. The molecule has 1 aliphatic rings. The van der Waals surface area contributed by atoms with Crippen molar-refractivity contribution in [1.29, 1.82) is 0 Å². The van der Waals surface area contributed by atoms with E-state index in [4.69, 9.17) is 4.74 Å². The molecular weight excluding hydrogens is 152 g/mol. The van der Waals surface area contributed by atoms with Gasteiger partial charge >= 0.3 is 0 Å². The van der Waals surface area contributed by atoms with Gasteiger partial charge in [-0.25, -0.2) is 9.97 Å². The van der Waals surface area contributed by atoms with Crippen LogP contribution in [0.2, 0.25) is 0 Å². The molecule has 1 fully saturated rings. The predicted octanol–water partition coefficient (Wildman–Crippen LogP) is 1.37. The van der Waals surface area contributed by atoms with E-state index in [0.717, 1.165) is 31.7 Å². The minimum absolute atomic E-state index is 0.585. The first-order chi connectivity index (χ1) is 5.97. The van der Waals surface area contributed by atoms with Crippen LogP contribution in [0.5, 0.6) is 0 Å². The molecule has 0 radical (unpaired) electrons. The molecule has 0 saturated carbocycles. The van der Waals surface area contributed by atoms with Gasteiger partial charge in [0, 0.05) is 31.0 Å². The third kappa shape index (κ3) is 1.61. The van der Waals surface area contributed by atoms with Crippen LogP contribution in [0.15, 0.2) is 18.6 Å². The van der Waals surface area contributed by atoms with E-state index in [1.165, 1.54) is 0 Å². The molecule has 0 bridgehead atoms. The lowest BCUT2D eigenvalue weighted by Gasteiger charge is -2.20. The van der Waals surface area contributed by atoms with Crippen LogP contribution in [0.3, 0.4) is 0 Å². The first kappa shape index (κ1) is 7.68. The fourth-order valence-corrected chi connectivity index (χ4v) is 1.54. The van der Waals surface area contributed by atoms with E-state index < -0.39 is 0 Å². The minimum atomic E-state index is 0.585. The Morgan fingerprint density at radius 2 is 2.17 bits per heavy atom. The number of hydrogen-bond acceptors (Lipinski definition) is 3. The van der Waals surface area contributed by atoms with Crippen molar-refractivity contribution in [3.05, 3.63) is 24.3 Å². The largest absolute Gasteiger partial charge is 0.381 e. The van der Waals surface area contributed by atoms with Crippen LogP contribution < -0.4 is 0 Å². The second-order valence-electron chi connectivity index (χ2n) is 3.02. The monoisotopic (exact) mass is 164 g/mol. The number of nitrogens with zero attached hydrogens (tertiary/aromatic N) is 2. The first-order valence-electron chi connectivity index (χ1n) is 4.30. The van der Waals surface area contributed by atoms with Crippen LogP contribution >= 0.6 is 0 Å². The van der Waals surface area contributed by atoms with Crippen molar-refractivity contribution in [3.63, 3.8) is 0 Å². The molecule has 64 valence electrons. The van der Waals surface area contributed by atoms with Crippen molar-refractivity contribution in [2.45, 2.75) is 18.8 Å². The van der Waals surface area contributed by atoms with Crippen molar-refractivity contribution in [1.82, 2.24) is 9.97 Å². The van der Waals surface area contributed by atoms with Crippen LogP contribution in [0.25, 0.3) is 0 Å². The molecule has 0 atom stereocenters. The van der Waals surface area contributed by atoms with E-state index in [1.54, 1.807) is 12.5 Å². The van der Waals surface area contributed by atoms with Gasteiger partial charge in [-0.2, -0.15) is 0 Å². The van der Waals surface area contributed by atoms with Gasteiger partial charge in [0.25, 0.3) is 0 Å². The SMILES string of the molecule is c1cc(C2CCOCC2)ncn1. The van der Waals surface area contributed by atoms with Gasteiger partial charge in [-0.1, -0.05) is 0 Å². The molecule has 3 nitrogen and oxygen atoms in total. The highest BCUT2D eigenvalue weighted by Crippen LogP contribution is 2.24. The molecule has 12 heavy (non-hydrogen) atoms. The van der Waals surface area contributed by atoms with E-state index in [0.29, 0.717) is 5.92 Å². The molecule has 2 heterocycles. The smallest absolute Gasteiger partial charge is 0.115 e. The molecule has 0 unspecified atom stereocenters. The van der Waals surface area contributed by atoms with Crippen molar-refractivity contribution in [2.24, 2.45) is 0 Å². The van der Waals surface area contributed by atoms with E-state index in [2.05, 4.69) is 9.97 Å². The summed E-state index contributed by atoms with van der Waals surface area (Å²) in [4.78, 5) is 8.13. The Kier molecular flexibility index (Phi) is 2.32. The van der Waals surface area contributed by atoms with Gasteiger partial charge in [0.05, 0.1) is 0 Å². The summed E-state index contributed by atoms with van der Waals surface area (Å²) in [7, 11) is 0. The molecule has 3 heteroatoms. The predicted molar refractivity (Wildman–Crippen MR) is 44.8 cm³/mol. The van der Waals surface area contributed by atoms with E-state index >= 15 is 0 Å². The van der Waals surface area contributed by atoms with Crippen LogP contribution in [-0.4, -0.2) is 23.2 Å². The number of rotatable bonds is 1. The molecule has 0 N–H and O–H groups in total. The third-order valence-electron chi connectivity index (χ3n) is 2.24. The second kappa shape index (κ2) is 3.63. The Morgan fingerprint density at radius 1 is 1.33 bits per heavy atom. The van der Waals surface area contributed by atoms with E-state index in [1.807, 2.05) is 6.07 Å². The van der Waals surface area contributed by atoms with Gasteiger partial charge in [-0.15, -0.1) is 0 Å². The van der Waals surface area contributed by atoms with Gasteiger partial charge in [0.15, 0.2) is 0 Å². The third-order valence-corrected chi connectivity index (χ3v) is 2.24. The average molecular weight is 164 g/mol. The molecule has 0 aliphatic carbocycles. The summed E-state index contributed by atoms with van der Waals surface area (Å²) < 4.78 is 5.28. The Morgan fingerprint density at radius 3 is 2.83 bits per heavy atom. The summed E-state index contributed by atoms with van der Waals surface area (Å²) in [5.74, 6) is 0.585. The van der Waals surface area contributed by atoms with Gasteiger partial charge in [0.2, 0.25) is 0 Å². The maximum atomic E-state index is 5.28.